The van der Waals surface area contributed by atoms with E-state index in [0.29, 0.717) is 16.3 Å². The number of hydrogen-bond acceptors (Lipinski definition) is 1. The first-order valence-electron chi connectivity index (χ1n) is 11.8. The summed E-state index contributed by atoms with van der Waals surface area (Å²) in [6, 6.07) is 18.0. The summed E-state index contributed by atoms with van der Waals surface area (Å²) in [5.41, 5.74) is 5.83. The van der Waals surface area contributed by atoms with E-state index in [9.17, 15) is 13.2 Å². The molecule has 0 saturated carbocycles. The van der Waals surface area contributed by atoms with Gasteiger partial charge < -0.3 is 4.57 Å². The van der Waals surface area contributed by atoms with Crippen LogP contribution in [0, 0.1) is 5.41 Å². The number of halogens is 3. The maximum atomic E-state index is 14.0. The monoisotopic (exact) mass is 480 g/mol. The van der Waals surface area contributed by atoms with Crippen LogP contribution in [-0.4, -0.2) is 16.5 Å². The number of alkyl halides is 3. The number of fused-ring (bicyclic) bond motifs is 2. The van der Waals surface area contributed by atoms with Gasteiger partial charge in [0.1, 0.15) is 6.04 Å². The van der Waals surface area contributed by atoms with Crippen LogP contribution >= 0.6 is 0 Å². The van der Waals surface area contributed by atoms with Gasteiger partial charge in [-0.1, -0.05) is 73.3 Å². The van der Waals surface area contributed by atoms with Crippen LogP contribution in [0.4, 0.5) is 13.2 Å². The number of benzene rings is 3. The lowest BCUT2D eigenvalue weighted by Crippen LogP contribution is -2.33. The molecule has 0 saturated heterocycles. The van der Waals surface area contributed by atoms with Crippen LogP contribution in [-0.2, 0) is 0 Å². The summed E-state index contributed by atoms with van der Waals surface area (Å²) < 4.78 is 43.1. The molecule has 2 aliphatic rings. The molecule has 1 N–H and O–H groups in total. The topological polar surface area (TPSA) is 28.8 Å². The van der Waals surface area contributed by atoms with Crippen LogP contribution in [0.1, 0.15) is 30.6 Å². The number of allylic oxidation sites excluding steroid dienone is 4. The SMILES string of the molecule is C=c1c2cc(=C3C=CC=CC3)cc3c2c(n1C(C)C(F)(F)F)C(=N)c1ccc(-c2ccccc2)cc1-3. The zero-order chi connectivity index (χ0) is 25.2. The third-order valence-corrected chi connectivity index (χ3v) is 7.25. The summed E-state index contributed by atoms with van der Waals surface area (Å²) in [7, 11) is 0. The Hall–Kier alpha value is -4.12. The van der Waals surface area contributed by atoms with Crippen molar-refractivity contribution < 1.29 is 13.2 Å². The smallest absolute Gasteiger partial charge is 0.327 e. The maximum Gasteiger partial charge on any atom is 0.408 e. The normalized spacial score (nSPS) is 16.9. The third kappa shape index (κ3) is 3.30. The summed E-state index contributed by atoms with van der Waals surface area (Å²) in [5, 5.41) is 11.6. The maximum absolute atomic E-state index is 14.0. The van der Waals surface area contributed by atoms with Crippen LogP contribution in [0.5, 0.6) is 0 Å². The van der Waals surface area contributed by atoms with Gasteiger partial charge >= 0.3 is 6.18 Å². The summed E-state index contributed by atoms with van der Waals surface area (Å²) in [6.45, 7) is 5.23. The predicted molar refractivity (Wildman–Crippen MR) is 141 cm³/mol. The van der Waals surface area contributed by atoms with Gasteiger partial charge in [-0.15, -0.1) is 0 Å². The van der Waals surface area contributed by atoms with Crippen molar-refractivity contribution in [1.29, 1.82) is 5.41 Å². The molecule has 5 heteroatoms. The van der Waals surface area contributed by atoms with E-state index in [1.54, 1.807) is 0 Å². The van der Waals surface area contributed by atoms with Gasteiger partial charge in [-0.05, 0) is 64.6 Å². The molecular weight excluding hydrogens is 457 g/mol. The van der Waals surface area contributed by atoms with Gasteiger partial charge in [0.15, 0.2) is 0 Å². The number of nitrogens with one attached hydrogen (secondary N) is 1. The second-order valence-corrected chi connectivity index (χ2v) is 9.35. The summed E-state index contributed by atoms with van der Waals surface area (Å²) >= 11 is 0. The van der Waals surface area contributed by atoms with E-state index in [-0.39, 0.29) is 16.8 Å². The first kappa shape index (κ1) is 22.4. The number of aromatic nitrogens is 1. The lowest BCUT2D eigenvalue weighted by molar-refractivity contribution is -0.163. The Morgan fingerprint density at radius 1 is 0.917 bits per heavy atom. The van der Waals surface area contributed by atoms with E-state index in [1.165, 1.54) is 4.57 Å². The second-order valence-electron chi connectivity index (χ2n) is 9.35. The minimum absolute atomic E-state index is 0.0917. The molecule has 0 fully saturated rings. The van der Waals surface area contributed by atoms with E-state index in [4.69, 9.17) is 5.41 Å². The third-order valence-electron chi connectivity index (χ3n) is 7.25. The van der Waals surface area contributed by atoms with Gasteiger partial charge in [0.05, 0.1) is 11.4 Å². The highest BCUT2D eigenvalue weighted by molar-refractivity contribution is 6.26. The molecule has 2 nitrogen and oxygen atoms in total. The Kier molecular flexibility index (Phi) is 4.94. The van der Waals surface area contributed by atoms with Crippen LogP contribution < -0.4 is 10.6 Å². The number of nitrogens with zero attached hydrogens (tertiary/aromatic N) is 1. The van der Waals surface area contributed by atoms with Gasteiger partial charge in [0.2, 0.25) is 0 Å². The van der Waals surface area contributed by atoms with Crippen LogP contribution in [0.15, 0.2) is 85.0 Å². The predicted octanol–water partition coefficient (Wildman–Crippen LogP) is 6.91. The fraction of sp³-hybridized carbons (Fsp3) is 0.129. The first-order valence-corrected chi connectivity index (χ1v) is 11.8. The average Bonchev–Trinajstić information content (AvgIpc) is 3.19. The quantitative estimate of drug-likeness (QED) is 0.285. The Morgan fingerprint density at radius 3 is 2.39 bits per heavy atom. The number of rotatable bonds is 2. The van der Waals surface area contributed by atoms with Gasteiger partial charge in [-0.3, -0.25) is 5.41 Å². The number of hydrogen-bond donors (Lipinski definition) is 1. The van der Waals surface area contributed by atoms with Crippen molar-refractivity contribution in [3.63, 3.8) is 0 Å². The second kappa shape index (κ2) is 7.95. The first-order chi connectivity index (χ1) is 17.3. The average molecular weight is 481 g/mol. The van der Waals surface area contributed by atoms with Crippen molar-refractivity contribution in [3.8, 4) is 22.3 Å². The van der Waals surface area contributed by atoms with Crippen molar-refractivity contribution in [2.45, 2.75) is 25.6 Å². The summed E-state index contributed by atoms with van der Waals surface area (Å²) in [6.07, 6.45) is 4.34. The fourth-order valence-electron chi connectivity index (χ4n) is 5.38. The molecule has 1 heterocycles. The van der Waals surface area contributed by atoms with Crippen LogP contribution in [0.25, 0.3) is 45.2 Å². The molecular formula is C31H23F3N2. The molecule has 0 amide bonds. The summed E-state index contributed by atoms with van der Waals surface area (Å²) in [5.74, 6) is 0. The molecule has 0 spiro atoms. The molecule has 36 heavy (non-hydrogen) atoms. The van der Waals surface area contributed by atoms with Crippen molar-refractivity contribution in [3.05, 3.63) is 107 Å². The van der Waals surface area contributed by atoms with Crippen molar-refractivity contribution in [2.24, 2.45) is 0 Å². The molecule has 178 valence electrons. The van der Waals surface area contributed by atoms with Gasteiger partial charge in [0, 0.05) is 21.7 Å². The van der Waals surface area contributed by atoms with E-state index >= 15 is 0 Å². The van der Waals surface area contributed by atoms with E-state index in [1.807, 2.05) is 66.8 Å². The Morgan fingerprint density at radius 2 is 1.69 bits per heavy atom. The van der Waals surface area contributed by atoms with Gasteiger partial charge in [0.25, 0.3) is 0 Å². The van der Waals surface area contributed by atoms with Crippen molar-refractivity contribution >= 4 is 28.6 Å². The zero-order valence-electron chi connectivity index (χ0n) is 19.7. The fourth-order valence-corrected chi connectivity index (χ4v) is 5.38. The van der Waals surface area contributed by atoms with E-state index in [0.717, 1.165) is 46.4 Å². The largest absolute Gasteiger partial charge is 0.408 e. The molecule has 0 radical (unpaired) electrons. The van der Waals surface area contributed by atoms with E-state index < -0.39 is 12.2 Å². The molecule has 0 bridgehead atoms. The minimum atomic E-state index is -4.47. The summed E-state index contributed by atoms with van der Waals surface area (Å²) in [4.78, 5) is 0. The zero-order valence-corrected chi connectivity index (χ0v) is 19.7. The lowest BCUT2D eigenvalue weighted by atomic mass is 9.83. The molecule has 6 rings (SSSR count). The Bertz CT molecular complexity index is 1730. The highest BCUT2D eigenvalue weighted by atomic mass is 19.4. The van der Waals surface area contributed by atoms with Crippen LogP contribution in [0.2, 0.25) is 0 Å². The molecule has 1 atom stereocenters. The van der Waals surface area contributed by atoms with Crippen LogP contribution in [0.3, 0.4) is 0 Å². The van der Waals surface area contributed by atoms with Crippen molar-refractivity contribution in [2.75, 3.05) is 0 Å². The Labute approximate surface area is 206 Å². The highest BCUT2D eigenvalue weighted by Crippen LogP contribution is 2.42. The van der Waals surface area contributed by atoms with Crippen molar-refractivity contribution in [1.82, 2.24) is 4.57 Å². The highest BCUT2D eigenvalue weighted by Gasteiger charge is 2.41. The molecule has 1 unspecified atom stereocenters. The molecule has 1 aromatic heterocycles. The molecule has 2 aliphatic carbocycles. The lowest BCUT2D eigenvalue weighted by Gasteiger charge is -2.25. The molecule has 4 aromatic rings. The molecule has 3 aromatic carbocycles. The van der Waals surface area contributed by atoms with E-state index in [2.05, 4.69) is 24.8 Å². The standard InChI is InChI=1S/C31H23F3N2/c1-18-25-16-23(21-11-7-4-8-12-21)17-27-26-15-22(20-9-5-3-6-10-20)13-14-24(26)29(35)30(28(25)27)36(18)19(2)31(32,33)34/h3-11,13-17,19,35H,1,12H2,2H3. The van der Waals surface area contributed by atoms with Gasteiger partial charge in [-0.25, -0.2) is 0 Å². The van der Waals surface area contributed by atoms with Gasteiger partial charge in [-0.2, -0.15) is 13.2 Å². The minimum Gasteiger partial charge on any atom is -0.327 e. The molecule has 0 aliphatic heterocycles. The Balaban J connectivity index is 1.74.